The van der Waals surface area contributed by atoms with Gasteiger partial charge in [0.2, 0.25) is 0 Å². The maximum Gasteiger partial charge on any atom is -0.0274 e. The van der Waals surface area contributed by atoms with Crippen LogP contribution < -0.4 is 0 Å². The van der Waals surface area contributed by atoms with Gasteiger partial charge in [0, 0.05) is 0 Å². The van der Waals surface area contributed by atoms with Crippen molar-refractivity contribution in [3.05, 3.63) is 18.4 Å². The van der Waals surface area contributed by atoms with E-state index in [-0.39, 0.29) is 0 Å². The van der Waals surface area contributed by atoms with Gasteiger partial charge in [0.25, 0.3) is 0 Å². The average molecular weight is 152 g/mol. The molecule has 0 bridgehead atoms. The maximum atomic E-state index is 3.53. The molecule has 0 aromatic heterocycles. The zero-order chi connectivity index (χ0) is 8.53. The fraction of sp³-hybridized carbons (Fsp3) is 0.727. The summed E-state index contributed by atoms with van der Waals surface area (Å²) in [5, 5.41) is 0. The van der Waals surface area contributed by atoms with Crippen LogP contribution in [0.3, 0.4) is 0 Å². The molecule has 0 N–H and O–H groups in total. The lowest BCUT2D eigenvalue weighted by molar-refractivity contribution is 0.472. The minimum absolute atomic E-state index is 0.901. The van der Waals surface area contributed by atoms with Gasteiger partial charge in [-0.05, 0) is 24.8 Å². The van der Waals surface area contributed by atoms with Crippen molar-refractivity contribution in [2.75, 3.05) is 0 Å². The molecule has 64 valence electrons. The Bertz CT molecular complexity index is 118. The molecule has 11 heavy (non-hydrogen) atoms. The van der Waals surface area contributed by atoms with Crippen LogP contribution in [0.1, 0.15) is 46.0 Å². The van der Waals surface area contributed by atoms with Crippen molar-refractivity contribution in [2.24, 2.45) is 5.92 Å². The Kier molecular flexibility index (Phi) is 7.29. The normalized spacial score (nSPS) is 12.2. The summed E-state index contributed by atoms with van der Waals surface area (Å²) in [6.45, 7) is 8.12. The number of allylic oxidation sites excluding steroid dienone is 1. The first-order valence-corrected chi connectivity index (χ1v) is 4.65. The smallest absolute Gasteiger partial charge is 0.0274 e. The minimum Gasteiger partial charge on any atom is -0.133 e. The highest BCUT2D eigenvalue weighted by atomic mass is 14.0. The van der Waals surface area contributed by atoms with E-state index in [0.29, 0.717) is 0 Å². The molecule has 0 amide bonds. The van der Waals surface area contributed by atoms with Gasteiger partial charge in [-0.25, -0.2) is 0 Å². The second-order valence-electron chi connectivity index (χ2n) is 3.23. The van der Waals surface area contributed by atoms with Gasteiger partial charge in [-0.15, -0.1) is 5.73 Å². The van der Waals surface area contributed by atoms with E-state index in [9.17, 15) is 0 Å². The molecule has 0 heterocycles. The van der Waals surface area contributed by atoms with E-state index in [0.717, 1.165) is 12.3 Å². The Hall–Kier alpha value is -0.480. The third kappa shape index (κ3) is 7.42. The molecule has 0 nitrogen and oxygen atoms in total. The molecule has 0 aliphatic rings. The van der Waals surface area contributed by atoms with Gasteiger partial charge in [-0.2, -0.15) is 0 Å². The lowest BCUT2D eigenvalue weighted by Crippen LogP contribution is -1.92. The molecular weight excluding hydrogens is 132 g/mol. The zero-order valence-electron chi connectivity index (χ0n) is 7.90. The van der Waals surface area contributed by atoms with E-state index < -0.39 is 0 Å². The van der Waals surface area contributed by atoms with Crippen LogP contribution in [0.2, 0.25) is 0 Å². The van der Waals surface area contributed by atoms with Crippen molar-refractivity contribution < 1.29 is 0 Å². The summed E-state index contributed by atoms with van der Waals surface area (Å²) in [6, 6.07) is 0. The molecule has 0 aliphatic carbocycles. The Labute approximate surface area is 71.0 Å². The minimum atomic E-state index is 0.901. The van der Waals surface area contributed by atoms with Crippen LogP contribution >= 0.6 is 0 Å². The van der Waals surface area contributed by atoms with Gasteiger partial charge in [0.1, 0.15) is 0 Å². The lowest BCUT2D eigenvalue weighted by Gasteiger charge is -2.07. The number of unbranched alkanes of at least 4 members (excludes halogenated alkanes) is 1. The molecule has 0 aromatic rings. The zero-order valence-corrected chi connectivity index (χ0v) is 7.90. The summed E-state index contributed by atoms with van der Waals surface area (Å²) in [4.78, 5) is 0. The van der Waals surface area contributed by atoms with Crippen molar-refractivity contribution in [3.63, 3.8) is 0 Å². The van der Waals surface area contributed by atoms with E-state index in [1.54, 1.807) is 0 Å². The average Bonchev–Trinajstić information content (AvgIpc) is 1.99. The molecular formula is C11H20. The van der Waals surface area contributed by atoms with Crippen molar-refractivity contribution in [3.8, 4) is 0 Å². The number of rotatable bonds is 6. The molecule has 0 rings (SSSR count). The van der Waals surface area contributed by atoms with Crippen LogP contribution in [-0.4, -0.2) is 0 Å². The monoisotopic (exact) mass is 152 g/mol. The highest BCUT2D eigenvalue weighted by Gasteiger charge is 1.98. The maximum absolute atomic E-state index is 3.53. The van der Waals surface area contributed by atoms with Gasteiger partial charge in [0.05, 0.1) is 0 Å². The number of hydrogen-bond acceptors (Lipinski definition) is 0. The molecule has 1 unspecified atom stereocenters. The van der Waals surface area contributed by atoms with E-state index in [1.165, 1.54) is 25.7 Å². The highest BCUT2D eigenvalue weighted by Crippen LogP contribution is 2.13. The van der Waals surface area contributed by atoms with Crippen molar-refractivity contribution in [1.29, 1.82) is 0 Å². The first-order valence-electron chi connectivity index (χ1n) is 4.65. The highest BCUT2D eigenvalue weighted by molar-refractivity contribution is 4.75. The first-order chi connectivity index (χ1) is 5.31. The Morgan fingerprint density at radius 2 is 2.18 bits per heavy atom. The summed E-state index contributed by atoms with van der Waals surface area (Å²) in [5.41, 5.74) is 2.80. The van der Waals surface area contributed by atoms with Crippen LogP contribution in [-0.2, 0) is 0 Å². The van der Waals surface area contributed by atoms with Gasteiger partial charge in [-0.1, -0.05) is 39.7 Å². The summed E-state index contributed by atoms with van der Waals surface area (Å²) in [7, 11) is 0. The van der Waals surface area contributed by atoms with Gasteiger partial charge in [0.15, 0.2) is 0 Å². The summed E-state index contributed by atoms with van der Waals surface area (Å²) >= 11 is 0. The quantitative estimate of drug-likeness (QED) is 0.399. The molecule has 0 saturated heterocycles. The topological polar surface area (TPSA) is 0 Å². The molecule has 0 aliphatic heterocycles. The fourth-order valence-corrected chi connectivity index (χ4v) is 1.31. The van der Waals surface area contributed by atoms with E-state index >= 15 is 0 Å². The molecule has 0 radical (unpaired) electrons. The van der Waals surface area contributed by atoms with Crippen LogP contribution in [0.15, 0.2) is 18.4 Å². The van der Waals surface area contributed by atoms with Crippen LogP contribution in [0.25, 0.3) is 0 Å². The lowest BCUT2D eigenvalue weighted by atomic mass is 9.99. The predicted molar refractivity (Wildman–Crippen MR) is 51.6 cm³/mol. The Morgan fingerprint density at radius 3 is 2.73 bits per heavy atom. The number of hydrogen-bond donors (Lipinski definition) is 0. The van der Waals surface area contributed by atoms with Gasteiger partial charge >= 0.3 is 0 Å². The summed E-state index contributed by atoms with van der Waals surface area (Å²) < 4.78 is 0. The molecule has 0 spiro atoms. The largest absolute Gasteiger partial charge is 0.133 e. The van der Waals surface area contributed by atoms with Gasteiger partial charge < -0.3 is 0 Å². The van der Waals surface area contributed by atoms with Crippen LogP contribution in [0, 0.1) is 5.92 Å². The third-order valence-corrected chi connectivity index (χ3v) is 1.97. The fourth-order valence-electron chi connectivity index (χ4n) is 1.31. The first kappa shape index (κ1) is 10.5. The van der Waals surface area contributed by atoms with Gasteiger partial charge in [-0.3, -0.25) is 0 Å². The van der Waals surface area contributed by atoms with E-state index in [1.807, 2.05) is 6.08 Å². The van der Waals surface area contributed by atoms with E-state index in [4.69, 9.17) is 0 Å². The molecule has 0 fully saturated rings. The van der Waals surface area contributed by atoms with Crippen molar-refractivity contribution >= 4 is 0 Å². The van der Waals surface area contributed by atoms with E-state index in [2.05, 4.69) is 26.2 Å². The summed E-state index contributed by atoms with van der Waals surface area (Å²) in [6.07, 6.45) is 8.52. The molecule has 1 atom stereocenters. The SMILES string of the molecule is C=C=CCCCC(C)CCC. The second-order valence-corrected chi connectivity index (χ2v) is 3.23. The molecule has 0 saturated carbocycles. The van der Waals surface area contributed by atoms with Crippen LogP contribution in [0.4, 0.5) is 0 Å². The van der Waals surface area contributed by atoms with Crippen LogP contribution in [0.5, 0.6) is 0 Å². The predicted octanol–water partition coefficient (Wildman–Crippen LogP) is 3.93. The standard InChI is InChI=1S/C11H20/c1-4-6-7-8-10-11(3)9-5-2/h6,11H,1,5,7-10H2,2-3H3. The third-order valence-electron chi connectivity index (χ3n) is 1.97. The molecule has 0 aromatic carbocycles. The Balaban J connectivity index is 3.16. The molecule has 0 heteroatoms. The van der Waals surface area contributed by atoms with Crippen molar-refractivity contribution in [2.45, 2.75) is 46.0 Å². The van der Waals surface area contributed by atoms with Crippen molar-refractivity contribution in [1.82, 2.24) is 0 Å². The summed E-state index contributed by atoms with van der Waals surface area (Å²) in [5.74, 6) is 0.901. The Morgan fingerprint density at radius 1 is 1.45 bits per heavy atom. The second kappa shape index (κ2) is 7.63.